The van der Waals surface area contributed by atoms with Crippen molar-refractivity contribution >= 4 is 34.9 Å². The summed E-state index contributed by atoms with van der Waals surface area (Å²) in [5.74, 6) is -2.50. The van der Waals surface area contributed by atoms with Crippen LogP contribution < -0.4 is 5.32 Å². The topological polar surface area (TPSA) is 98.5 Å². The van der Waals surface area contributed by atoms with E-state index in [0.29, 0.717) is 5.02 Å². The summed E-state index contributed by atoms with van der Waals surface area (Å²) in [5.41, 5.74) is -0.602. The van der Waals surface area contributed by atoms with Crippen molar-refractivity contribution in [2.45, 2.75) is 13.0 Å². The van der Waals surface area contributed by atoms with Crippen LogP contribution in [0.1, 0.15) is 17.3 Å². The maximum absolute atomic E-state index is 13.3. The van der Waals surface area contributed by atoms with Gasteiger partial charge in [-0.15, -0.1) is 0 Å². The lowest BCUT2D eigenvalue weighted by Crippen LogP contribution is -2.30. The van der Waals surface area contributed by atoms with Crippen LogP contribution in [0.5, 0.6) is 0 Å². The van der Waals surface area contributed by atoms with E-state index in [0.717, 1.165) is 18.2 Å². The van der Waals surface area contributed by atoms with Crippen LogP contribution in [0.4, 0.5) is 15.8 Å². The lowest BCUT2D eigenvalue weighted by atomic mass is 10.2. The Morgan fingerprint density at radius 1 is 1.28 bits per heavy atom. The predicted molar refractivity (Wildman–Crippen MR) is 88.0 cm³/mol. The molecule has 1 N–H and O–H groups in total. The number of hydrogen-bond acceptors (Lipinski definition) is 5. The Morgan fingerprint density at radius 2 is 2.00 bits per heavy atom. The number of nitro benzene ring substituents is 1. The molecule has 0 bridgehead atoms. The molecule has 0 saturated carbocycles. The highest BCUT2D eigenvalue weighted by atomic mass is 35.5. The number of nitrogens with one attached hydrogen (secondary N) is 1. The number of nitro groups is 1. The monoisotopic (exact) mass is 366 g/mol. The third-order valence-electron chi connectivity index (χ3n) is 3.12. The zero-order valence-electron chi connectivity index (χ0n) is 12.9. The molecule has 0 fully saturated rings. The predicted octanol–water partition coefficient (Wildman–Crippen LogP) is 3.57. The minimum Gasteiger partial charge on any atom is -0.449 e. The highest BCUT2D eigenvalue weighted by Gasteiger charge is 2.21. The van der Waals surface area contributed by atoms with E-state index in [1.54, 1.807) is 12.1 Å². The van der Waals surface area contributed by atoms with Gasteiger partial charge in [0.05, 0.1) is 10.5 Å². The molecule has 0 spiro atoms. The molecule has 0 aromatic heterocycles. The van der Waals surface area contributed by atoms with E-state index in [4.69, 9.17) is 16.3 Å². The number of rotatable bonds is 5. The van der Waals surface area contributed by atoms with Gasteiger partial charge < -0.3 is 10.1 Å². The van der Waals surface area contributed by atoms with Crippen molar-refractivity contribution in [3.05, 3.63) is 69.0 Å². The lowest BCUT2D eigenvalue weighted by molar-refractivity contribution is -0.387. The quantitative estimate of drug-likeness (QED) is 0.495. The van der Waals surface area contributed by atoms with Crippen molar-refractivity contribution in [1.29, 1.82) is 0 Å². The number of nitrogens with zero attached hydrogens (tertiary/aromatic N) is 1. The first kappa shape index (κ1) is 18.3. The molecule has 9 heteroatoms. The molecule has 1 amide bonds. The van der Waals surface area contributed by atoms with E-state index in [2.05, 4.69) is 5.32 Å². The summed E-state index contributed by atoms with van der Waals surface area (Å²) in [6.45, 7) is 1.33. The van der Waals surface area contributed by atoms with Crippen LogP contribution >= 0.6 is 11.6 Å². The zero-order chi connectivity index (χ0) is 18.6. The molecule has 25 heavy (non-hydrogen) atoms. The molecule has 0 unspecified atom stereocenters. The number of ether oxygens (including phenoxy) is 1. The molecular weight excluding hydrogens is 355 g/mol. The summed E-state index contributed by atoms with van der Waals surface area (Å²) >= 11 is 5.78. The normalized spacial score (nSPS) is 11.5. The Hall–Kier alpha value is -3.00. The fourth-order valence-corrected chi connectivity index (χ4v) is 2.06. The Balaban J connectivity index is 2.04. The molecular formula is C16H12ClFN2O5. The van der Waals surface area contributed by atoms with Crippen LogP contribution in [0, 0.1) is 15.9 Å². The lowest BCUT2D eigenvalue weighted by Gasteiger charge is -2.13. The first-order valence-electron chi connectivity index (χ1n) is 6.99. The Kier molecular flexibility index (Phi) is 5.66. The molecule has 0 saturated heterocycles. The summed E-state index contributed by atoms with van der Waals surface area (Å²) in [5, 5.41) is 13.4. The number of amides is 1. The first-order chi connectivity index (χ1) is 11.8. The van der Waals surface area contributed by atoms with Crippen LogP contribution in [0.25, 0.3) is 0 Å². The zero-order valence-corrected chi connectivity index (χ0v) is 13.6. The van der Waals surface area contributed by atoms with E-state index in [-0.39, 0.29) is 11.3 Å². The van der Waals surface area contributed by atoms with E-state index in [9.17, 15) is 24.1 Å². The molecule has 130 valence electrons. The minimum atomic E-state index is -1.18. The van der Waals surface area contributed by atoms with Crippen LogP contribution in [0.3, 0.4) is 0 Å². The third kappa shape index (κ3) is 4.74. The summed E-state index contributed by atoms with van der Waals surface area (Å²) in [6.07, 6.45) is -1.18. The highest BCUT2D eigenvalue weighted by molar-refractivity contribution is 6.30. The number of benzene rings is 2. The van der Waals surface area contributed by atoms with Crippen molar-refractivity contribution in [2.75, 3.05) is 5.32 Å². The average molecular weight is 367 g/mol. The smallest absolute Gasteiger partial charge is 0.338 e. The number of anilines is 1. The SMILES string of the molecule is C[C@@H](OC(=O)c1cccc(Cl)c1)C(=O)Nc1ccc(F)c([N+](=O)[O-])c1. The standard InChI is InChI=1S/C16H12ClFN2O5/c1-9(25-16(22)10-3-2-4-11(17)7-10)15(21)19-12-5-6-13(18)14(8-12)20(23)24/h2-9H,1H3,(H,19,21)/t9-/m1/s1. The van der Waals surface area contributed by atoms with Gasteiger partial charge in [0, 0.05) is 16.8 Å². The Bertz CT molecular complexity index is 843. The minimum absolute atomic E-state index is 0.00348. The Labute approximate surface area is 146 Å². The molecule has 1 atom stereocenters. The van der Waals surface area contributed by atoms with Gasteiger partial charge in [-0.1, -0.05) is 17.7 Å². The second kappa shape index (κ2) is 7.71. The van der Waals surface area contributed by atoms with Crippen LogP contribution in [0.2, 0.25) is 5.02 Å². The van der Waals surface area contributed by atoms with E-state index < -0.39 is 34.4 Å². The largest absolute Gasteiger partial charge is 0.449 e. The Morgan fingerprint density at radius 3 is 2.64 bits per heavy atom. The summed E-state index contributed by atoms with van der Waals surface area (Å²) < 4.78 is 18.3. The second-order valence-electron chi connectivity index (χ2n) is 4.97. The number of carbonyl (C=O) groups excluding carboxylic acids is 2. The molecule has 0 heterocycles. The fourth-order valence-electron chi connectivity index (χ4n) is 1.87. The third-order valence-corrected chi connectivity index (χ3v) is 3.36. The van der Waals surface area contributed by atoms with Crippen molar-refractivity contribution < 1.29 is 23.6 Å². The summed E-state index contributed by atoms with van der Waals surface area (Å²) in [4.78, 5) is 33.8. The molecule has 0 aliphatic rings. The van der Waals surface area contributed by atoms with Crippen molar-refractivity contribution in [1.82, 2.24) is 0 Å². The summed E-state index contributed by atoms with van der Waals surface area (Å²) in [7, 11) is 0. The maximum atomic E-state index is 13.3. The number of carbonyl (C=O) groups is 2. The second-order valence-corrected chi connectivity index (χ2v) is 5.41. The van der Waals surface area contributed by atoms with Gasteiger partial charge in [0.1, 0.15) is 0 Å². The highest BCUT2D eigenvalue weighted by Crippen LogP contribution is 2.22. The van der Waals surface area contributed by atoms with Crippen LogP contribution in [0.15, 0.2) is 42.5 Å². The van der Waals surface area contributed by atoms with Gasteiger partial charge in [0.25, 0.3) is 5.91 Å². The van der Waals surface area contributed by atoms with Gasteiger partial charge >= 0.3 is 11.7 Å². The average Bonchev–Trinajstić information content (AvgIpc) is 2.56. The van der Waals surface area contributed by atoms with Gasteiger partial charge in [0.2, 0.25) is 5.82 Å². The van der Waals surface area contributed by atoms with Gasteiger partial charge in [-0.05, 0) is 37.3 Å². The molecule has 7 nitrogen and oxygen atoms in total. The van der Waals surface area contributed by atoms with Gasteiger partial charge in [-0.3, -0.25) is 14.9 Å². The van der Waals surface area contributed by atoms with Crippen molar-refractivity contribution in [2.24, 2.45) is 0 Å². The fraction of sp³-hybridized carbons (Fsp3) is 0.125. The number of esters is 1. The van der Waals surface area contributed by atoms with Gasteiger partial charge in [0.15, 0.2) is 6.10 Å². The van der Waals surface area contributed by atoms with Crippen LogP contribution in [-0.4, -0.2) is 22.9 Å². The van der Waals surface area contributed by atoms with E-state index >= 15 is 0 Å². The summed E-state index contributed by atoms with van der Waals surface area (Å²) in [6, 6.07) is 8.89. The maximum Gasteiger partial charge on any atom is 0.338 e. The molecule has 2 rings (SSSR count). The van der Waals surface area contributed by atoms with Gasteiger partial charge in [-0.25, -0.2) is 4.79 Å². The molecule has 2 aromatic carbocycles. The van der Waals surface area contributed by atoms with E-state index in [1.807, 2.05) is 0 Å². The molecule has 0 aliphatic carbocycles. The molecule has 2 aromatic rings. The first-order valence-corrected chi connectivity index (χ1v) is 7.37. The van der Waals surface area contributed by atoms with Crippen molar-refractivity contribution in [3.63, 3.8) is 0 Å². The van der Waals surface area contributed by atoms with E-state index in [1.165, 1.54) is 19.1 Å². The van der Waals surface area contributed by atoms with Crippen molar-refractivity contribution in [3.8, 4) is 0 Å². The number of halogens is 2. The molecule has 0 radical (unpaired) electrons. The molecule has 0 aliphatic heterocycles. The van der Waals surface area contributed by atoms with Crippen LogP contribution in [-0.2, 0) is 9.53 Å². The number of hydrogen-bond donors (Lipinski definition) is 1. The van der Waals surface area contributed by atoms with Gasteiger partial charge in [-0.2, -0.15) is 4.39 Å².